The predicted octanol–water partition coefficient (Wildman–Crippen LogP) is 1.88. The monoisotopic (exact) mass is 198 g/mol. The van der Waals surface area contributed by atoms with E-state index in [4.69, 9.17) is 5.11 Å². The first-order valence-corrected chi connectivity index (χ1v) is 4.24. The van der Waals surface area contributed by atoms with Crippen LogP contribution in [-0.2, 0) is 0 Å². The minimum absolute atomic E-state index is 0.176. The fourth-order valence-corrected chi connectivity index (χ4v) is 0.879. The molecule has 0 radical (unpaired) electrons. The van der Waals surface area contributed by atoms with Crippen molar-refractivity contribution < 1.29 is 9.50 Å². The minimum atomic E-state index is -0.739. The molecule has 0 aromatic rings. The van der Waals surface area contributed by atoms with Gasteiger partial charge in [-0.05, 0) is 19.3 Å². The summed E-state index contributed by atoms with van der Waals surface area (Å²) in [6.45, 7) is 0.176. The van der Waals surface area contributed by atoms with E-state index in [1.165, 1.54) is 0 Å². The van der Waals surface area contributed by atoms with Crippen molar-refractivity contribution in [2.45, 2.75) is 25.4 Å². The number of halogens is 2. The van der Waals surface area contributed by atoms with Crippen molar-refractivity contribution in [1.82, 2.24) is 0 Å². The summed E-state index contributed by atoms with van der Waals surface area (Å²) in [5, 5.41) is 8.73. The molecular weight excluding hydrogens is 187 g/mol. The topological polar surface area (TPSA) is 20.2 Å². The van der Waals surface area contributed by atoms with Crippen molar-refractivity contribution in [2.75, 3.05) is 11.9 Å². The van der Waals surface area contributed by atoms with E-state index in [0.717, 1.165) is 6.42 Å². The largest absolute Gasteiger partial charge is 0.396 e. The van der Waals surface area contributed by atoms with Crippen molar-refractivity contribution in [3.63, 3.8) is 0 Å². The van der Waals surface area contributed by atoms with Gasteiger partial charge in [-0.15, -0.1) is 0 Å². The van der Waals surface area contributed by atoms with Gasteiger partial charge >= 0.3 is 0 Å². The maximum absolute atomic E-state index is 12.3. The second-order valence-corrected chi connectivity index (χ2v) is 2.62. The number of rotatable bonds is 5. The third-order valence-electron chi connectivity index (χ3n) is 1.09. The normalized spacial score (nSPS) is 13.7. The lowest BCUT2D eigenvalue weighted by molar-refractivity contribution is 0.269. The molecule has 0 aromatic heterocycles. The van der Waals surface area contributed by atoms with Crippen LogP contribution in [0.5, 0.6) is 0 Å². The molecule has 0 aromatic carbocycles. The lowest BCUT2D eigenvalue weighted by Gasteiger charge is -2.00. The molecule has 0 heterocycles. The number of unbranched alkanes of at least 4 members (excludes halogenated alkanes) is 1. The number of aliphatic hydroxyl groups excluding tert-OH is 1. The fraction of sp³-hybridized carbons (Fsp3) is 1.00. The van der Waals surface area contributed by atoms with Gasteiger partial charge in [0.2, 0.25) is 0 Å². The average molecular weight is 199 g/mol. The Bertz CT molecular complexity index is 61.0. The van der Waals surface area contributed by atoms with Gasteiger partial charge in [-0.1, -0.05) is 15.9 Å². The van der Waals surface area contributed by atoms with Crippen molar-refractivity contribution in [3.8, 4) is 0 Å². The first-order chi connectivity index (χ1) is 4.31. The molecule has 0 spiro atoms. The molecule has 1 nitrogen and oxygen atoms in total. The van der Waals surface area contributed by atoms with Crippen LogP contribution in [-0.4, -0.2) is 23.2 Å². The van der Waals surface area contributed by atoms with Gasteiger partial charge in [-0.2, -0.15) is 0 Å². The maximum atomic E-state index is 12.3. The number of aliphatic hydroxyl groups is 1. The van der Waals surface area contributed by atoms with E-state index in [1.54, 1.807) is 0 Å². The second kappa shape index (κ2) is 6.49. The lowest BCUT2D eigenvalue weighted by Crippen LogP contribution is -2.00. The minimum Gasteiger partial charge on any atom is -0.396 e. The summed E-state index contributed by atoms with van der Waals surface area (Å²) >= 11 is 3.03. The first-order valence-electron chi connectivity index (χ1n) is 3.12. The molecule has 0 fully saturated rings. The average Bonchev–Trinajstić information content (AvgIpc) is 1.89. The summed E-state index contributed by atoms with van der Waals surface area (Å²) in [7, 11) is 0. The SMILES string of the molecule is OCCCCC(F)CBr. The van der Waals surface area contributed by atoms with E-state index in [2.05, 4.69) is 15.9 Å². The number of hydrogen-bond donors (Lipinski definition) is 1. The highest BCUT2D eigenvalue weighted by Crippen LogP contribution is 2.06. The van der Waals surface area contributed by atoms with E-state index >= 15 is 0 Å². The highest BCUT2D eigenvalue weighted by molar-refractivity contribution is 9.09. The van der Waals surface area contributed by atoms with Crippen LogP contribution < -0.4 is 0 Å². The van der Waals surface area contributed by atoms with E-state index < -0.39 is 6.17 Å². The smallest absolute Gasteiger partial charge is 0.110 e. The highest BCUT2D eigenvalue weighted by Gasteiger charge is 2.01. The Morgan fingerprint density at radius 2 is 2.11 bits per heavy atom. The molecule has 1 N–H and O–H groups in total. The Balaban J connectivity index is 2.88. The van der Waals surface area contributed by atoms with Crippen molar-refractivity contribution in [3.05, 3.63) is 0 Å². The molecule has 0 rings (SSSR count). The molecule has 0 aliphatic rings. The van der Waals surface area contributed by atoms with Crippen LogP contribution in [0.3, 0.4) is 0 Å². The Labute approximate surface area is 63.4 Å². The molecule has 0 aliphatic heterocycles. The zero-order chi connectivity index (χ0) is 7.11. The van der Waals surface area contributed by atoms with E-state index in [0.29, 0.717) is 18.2 Å². The third-order valence-corrected chi connectivity index (χ3v) is 1.80. The van der Waals surface area contributed by atoms with Crippen LogP contribution in [0.15, 0.2) is 0 Å². The van der Waals surface area contributed by atoms with Crippen LogP contribution in [0.2, 0.25) is 0 Å². The van der Waals surface area contributed by atoms with Gasteiger partial charge in [0.1, 0.15) is 6.17 Å². The van der Waals surface area contributed by atoms with E-state index in [9.17, 15) is 4.39 Å². The Hall–Kier alpha value is 0.370. The fourth-order valence-electron chi connectivity index (χ4n) is 0.555. The van der Waals surface area contributed by atoms with Crippen molar-refractivity contribution in [2.24, 2.45) is 0 Å². The number of hydrogen-bond acceptors (Lipinski definition) is 1. The zero-order valence-electron chi connectivity index (χ0n) is 5.32. The van der Waals surface area contributed by atoms with Crippen molar-refractivity contribution >= 4 is 15.9 Å². The molecular formula is C6H12BrFO. The van der Waals surface area contributed by atoms with Gasteiger partial charge in [-0.3, -0.25) is 0 Å². The second-order valence-electron chi connectivity index (χ2n) is 1.97. The standard InChI is InChI=1S/C6H12BrFO/c7-5-6(8)3-1-2-4-9/h6,9H,1-5H2. The predicted molar refractivity (Wildman–Crippen MR) is 39.6 cm³/mol. The van der Waals surface area contributed by atoms with Crippen LogP contribution in [0.25, 0.3) is 0 Å². The summed E-state index contributed by atoms with van der Waals surface area (Å²) in [6, 6.07) is 0. The highest BCUT2D eigenvalue weighted by atomic mass is 79.9. The van der Waals surface area contributed by atoms with Gasteiger partial charge < -0.3 is 5.11 Å². The Morgan fingerprint density at radius 3 is 2.56 bits per heavy atom. The maximum Gasteiger partial charge on any atom is 0.110 e. The van der Waals surface area contributed by atoms with Crippen molar-refractivity contribution in [1.29, 1.82) is 0 Å². The molecule has 1 unspecified atom stereocenters. The van der Waals surface area contributed by atoms with Gasteiger partial charge in [-0.25, -0.2) is 4.39 Å². The van der Waals surface area contributed by atoms with Crippen LogP contribution in [0.4, 0.5) is 4.39 Å². The molecule has 56 valence electrons. The summed E-state index contributed by atoms with van der Waals surface area (Å²) in [5.74, 6) is 0. The Morgan fingerprint density at radius 1 is 1.44 bits per heavy atom. The van der Waals surface area contributed by atoms with E-state index in [-0.39, 0.29) is 6.61 Å². The number of alkyl halides is 2. The molecule has 9 heavy (non-hydrogen) atoms. The summed E-state index contributed by atoms with van der Waals surface area (Å²) in [4.78, 5) is 0. The molecule has 0 saturated heterocycles. The van der Waals surface area contributed by atoms with Gasteiger partial charge in [0.05, 0.1) is 0 Å². The quantitative estimate of drug-likeness (QED) is 0.529. The molecule has 0 saturated carbocycles. The van der Waals surface area contributed by atoms with Crippen LogP contribution in [0, 0.1) is 0 Å². The van der Waals surface area contributed by atoms with Crippen LogP contribution in [0.1, 0.15) is 19.3 Å². The Kier molecular flexibility index (Phi) is 6.76. The summed E-state index contributed by atoms with van der Waals surface area (Å²) in [6.07, 6.45) is 1.32. The molecule has 1 atom stereocenters. The molecule has 0 aliphatic carbocycles. The lowest BCUT2D eigenvalue weighted by atomic mass is 10.2. The van der Waals surface area contributed by atoms with Gasteiger partial charge in [0.15, 0.2) is 0 Å². The molecule has 3 heteroatoms. The van der Waals surface area contributed by atoms with E-state index in [1.807, 2.05) is 0 Å². The van der Waals surface area contributed by atoms with Gasteiger partial charge in [0, 0.05) is 11.9 Å². The van der Waals surface area contributed by atoms with Gasteiger partial charge in [0.25, 0.3) is 0 Å². The third kappa shape index (κ3) is 6.25. The zero-order valence-corrected chi connectivity index (χ0v) is 6.90. The summed E-state index contributed by atoms with van der Waals surface area (Å²) < 4.78 is 12.3. The molecule has 0 amide bonds. The molecule has 0 bridgehead atoms. The first kappa shape index (κ1) is 9.37. The summed E-state index contributed by atoms with van der Waals surface area (Å²) in [5.41, 5.74) is 0. The van der Waals surface area contributed by atoms with Crippen LogP contribution >= 0.6 is 15.9 Å².